The van der Waals surface area contributed by atoms with Crippen LogP contribution in [0.3, 0.4) is 0 Å². The number of pyridine rings is 1. The standard InChI is InChI=1S/C21H20ClFN4O2/c22-16-11-14(23)6-9-17(16)26-20(28)13-4-7-15(8-5-13)25-21(29)18-12-24-19-3-1-2-10-27(18)19/h1-3,6,9-13,15H,4-5,7-8H2,(H,25,29)(H,26,28). The molecule has 29 heavy (non-hydrogen) atoms. The second-order valence-electron chi connectivity index (χ2n) is 7.21. The van der Waals surface area contributed by atoms with E-state index in [0.717, 1.165) is 5.65 Å². The first-order valence-electron chi connectivity index (χ1n) is 9.50. The molecule has 1 aliphatic rings. The molecule has 2 N–H and O–H groups in total. The third-order valence-electron chi connectivity index (χ3n) is 5.27. The number of imidazole rings is 1. The van der Waals surface area contributed by atoms with E-state index in [0.29, 0.717) is 37.1 Å². The fraction of sp³-hybridized carbons (Fsp3) is 0.286. The summed E-state index contributed by atoms with van der Waals surface area (Å²) in [7, 11) is 0. The Morgan fingerprint density at radius 2 is 1.93 bits per heavy atom. The molecule has 1 aliphatic carbocycles. The second kappa shape index (κ2) is 8.21. The topological polar surface area (TPSA) is 75.5 Å². The average molecular weight is 415 g/mol. The number of carbonyl (C=O) groups excluding carboxylic acids is 2. The summed E-state index contributed by atoms with van der Waals surface area (Å²) in [6.45, 7) is 0. The van der Waals surface area contributed by atoms with Crippen LogP contribution in [0.25, 0.3) is 5.65 Å². The molecule has 4 rings (SSSR count). The van der Waals surface area contributed by atoms with Crippen LogP contribution in [-0.2, 0) is 4.79 Å². The number of benzene rings is 1. The number of halogens is 2. The first-order chi connectivity index (χ1) is 14.0. The molecule has 150 valence electrons. The highest BCUT2D eigenvalue weighted by atomic mass is 35.5. The lowest BCUT2D eigenvalue weighted by atomic mass is 9.85. The molecule has 2 heterocycles. The molecule has 0 atom stereocenters. The fourth-order valence-corrected chi connectivity index (χ4v) is 3.90. The molecule has 2 aromatic heterocycles. The van der Waals surface area contributed by atoms with E-state index in [1.807, 2.05) is 18.2 Å². The van der Waals surface area contributed by atoms with Gasteiger partial charge in [-0.25, -0.2) is 9.37 Å². The molecule has 2 amide bonds. The Kier molecular flexibility index (Phi) is 5.49. The summed E-state index contributed by atoms with van der Waals surface area (Å²) >= 11 is 5.97. The third-order valence-corrected chi connectivity index (χ3v) is 5.58. The predicted molar refractivity (Wildman–Crippen MR) is 108 cm³/mol. The van der Waals surface area contributed by atoms with Crippen molar-refractivity contribution in [2.45, 2.75) is 31.7 Å². The lowest BCUT2D eigenvalue weighted by molar-refractivity contribution is -0.120. The van der Waals surface area contributed by atoms with Gasteiger partial charge in [0.15, 0.2) is 0 Å². The lowest BCUT2D eigenvalue weighted by Crippen LogP contribution is -2.40. The quantitative estimate of drug-likeness (QED) is 0.676. The van der Waals surface area contributed by atoms with Gasteiger partial charge in [-0.2, -0.15) is 0 Å². The zero-order valence-corrected chi connectivity index (χ0v) is 16.3. The van der Waals surface area contributed by atoms with Gasteiger partial charge in [0, 0.05) is 18.2 Å². The number of fused-ring (bicyclic) bond motifs is 1. The molecule has 0 radical (unpaired) electrons. The average Bonchev–Trinajstić information content (AvgIpc) is 3.15. The fourth-order valence-electron chi connectivity index (χ4n) is 3.69. The number of nitrogens with one attached hydrogen (secondary N) is 2. The minimum Gasteiger partial charge on any atom is -0.348 e. The van der Waals surface area contributed by atoms with Crippen molar-refractivity contribution in [3.63, 3.8) is 0 Å². The van der Waals surface area contributed by atoms with Gasteiger partial charge in [0.2, 0.25) is 5.91 Å². The Bertz CT molecular complexity index is 1060. The maximum atomic E-state index is 13.1. The molecule has 1 fully saturated rings. The van der Waals surface area contributed by atoms with Crippen molar-refractivity contribution in [2.24, 2.45) is 5.92 Å². The number of nitrogens with zero attached hydrogens (tertiary/aromatic N) is 2. The number of rotatable bonds is 4. The van der Waals surface area contributed by atoms with Crippen LogP contribution in [0, 0.1) is 11.7 Å². The Labute approximate surface area is 172 Å². The minimum absolute atomic E-state index is 0.00946. The van der Waals surface area contributed by atoms with E-state index in [-0.39, 0.29) is 28.8 Å². The van der Waals surface area contributed by atoms with E-state index < -0.39 is 5.82 Å². The zero-order valence-electron chi connectivity index (χ0n) is 15.6. The van der Waals surface area contributed by atoms with Gasteiger partial charge in [0.1, 0.15) is 17.2 Å². The van der Waals surface area contributed by atoms with Gasteiger partial charge in [-0.05, 0) is 56.0 Å². The molecule has 0 spiro atoms. The minimum atomic E-state index is -0.449. The number of aromatic nitrogens is 2. The summed E-state index contributed by atoms with van der Waals surface area (Å²) in [5.41, 5.74) is 1.62. The molecule has 0 aliphatic heterocycles. The number of hydrogen-bond acceptors (Lipinski definition) is 3. The number of carbonyl (C=O) groups is 2. The summed E-state index contributed by atoms with van der Waals surface area (Å²) in [4.78, 5) is 29.4. The Balaban J connectivity index is 1.32. The summed E-state index contributed by atoms with van der Waals surface area (Å²) in [5, 5.41) is 5.99. The second-order valence-corrected chi connectivity index (χ2v) is 7.61. The summed E-state index contributed by atoms with van der Waals surface area (Å²) in [5.74, 6) is -0.921. The normalized spacial score (nSPS) is 19.1. The Hall–Kier alpha value is -2.93. The van der Waals surface area contributed by atoms with Gasteiger partial charge in [-0.3, -0.25) is 14.0 Å². The van der Waals surface area contributed by atoms with Crippen molar-refractivity contribution in [1.29, 1.82) is 0 Å². The maximum absolute atomic E-state index is 13.1. The molecule has 3 aromatic rings. The van der Waals surface area contributed by atoms with Crippen molar-refractivity contribution >= 4 is 34.7 Å². The Morgan fingerprint density at radius 3 is 2.69 bits per heavy atom. The first kappa shape index (κ1) is 19.4. The first-order valence-corrected chi connectivity index (χ1v) is 9.88. The van der Waals surface area contributed by atoms with E-state index in [1.54, 1.807) is 16.8 Å². The zero-order chi connectivity index (χ0) is 20.4. The molecule has 1 aromatic carbocycles. The van der Waals surface area contributed by atoms with Crippen LogP contribution in [0.1, 0.15) is 36.2 Å². The smallest absolute Gasteiger partial charge is 0.270 e. The van der Waals surface area contributed by atoms with Crippen molar-refractivity contribution in [2.75, 3.05) is 5.32 Å². The molecular formula is C21H20ClFN4O2. The number of hydrogen-bond donors (Lipinski definition) is 2. The number of anilines is 1. The van der Waals surface area contributed by atoms with Crippen molar-refractivity contribution in [3.05, 3.63) is 65.3 Å². The molecule has 6 nitrogen and oxygen atoms in total. The van der Waals surface area contributed by atoms with E-state index >= 15 is 0 Å². The number of amides is 2. The van der Waals surface area contributed by atoms with E-state index in [2.05, 4.69) is 15.6 Å². The third kappa shape index (κ3) is 4.24. The highest BCUT2D eigenvalue weighted by Gasteiger charge is 2.28. The van der Waals surface area contributed by atoms with Gasteiger partial charge in [-0.1, -0.05) is 17.7 Å². The molecular weight excluding hydrogens is 395 g/mol. The van der Waals surface area contributed by atoms with Gasteiger partial charge in [0.05, 0.1) is 16.9 Å². The highest BCUT2D eigenvalue weighted by molar-refractivity contribution is 6.33. The van der Waals surface area contributed by atoms with Gasteiger partial charge < -0.3 is 10.6 Å². The van der Waals surface area contributed by atoms with E-state index in [9.17, 15) is 14.0 Å². The monoisotopic (exact) mass is 414 g/mol. The van der Waals surface area contributed by atoms with Gasteiger partial charge in [0.25, 0.3) is 5.91 Å². The molecule has 0 saturated heterocycles. The van der Waals surface area contributed by atoms with Crippen molar-refractivity contribution in [1.82, 2.24) is 14.7 Å². The van der Waals surface area contributed by atoms with Crippen LogP contribution in [-0.4, -0.2) is 27.2 Å². The van der Waals surface area contributed by atoms with E-state index in [4.69, 9.17) is 11.6 Å². The van der Waals surface area contributed by atoms with Crippen LogP contribution >= 0.6 is 11.6 Å². The Morgan fingerprint density at radius 1 is 1.14 bits per heavy atom. The molecule has 8 heteroatoms. The van der Waals surface area contributed by atoms with E-state index in [1.165, 1.54) is 18.2 Å². The largest absolute Gasteiger partial charge is 0.348 e. The molecule has 0 bridgehead atoms. The van der Waals surface area contributed by atoms with Crippen molar-refractivity contribution < 1.29 is 14.0 Å². The SMILES string of the molecule is O=C(NC1CCC(C(=O)Nc2ccc(F)cc2Cl)CC1)c1cnc2ccccn12. The van der Waals surface area contributed by atoms with Crippen LogP contribution < -0.4 is 10.6 Å². The van der Waals surface area contributed by atoms with Crippen LogP contribution in [0.5, 0.6) is 0 Å². The van der Waals surface area contributed by atoms with Crippen LogP contribution in [0.15, 0.2) is 48.8 Å². The molecule has 0 unspecified atom stereocenters. The van der Waals surface area contributed by atoms with Crippen LogP contribution in [0.2, 0.25) is 5.02 Å². The summed E-state index contributed by atoms with van der Waals surface area (Å²) in [6.07, 6.45) is 6.09. The highest BCUT2D eigenvalue weighted by Crippen LogP contribution is 2.28. The van der Waals surface area contributed by atoms with Gasteiger partial charge >= 0.3 is 0 Å². The van der Waals surface area contributed by atoms with Gasteiger partial charge in [-0.15, -0.1) is 0 Å². The van der Waals surface area contributed by atoms with Crippen LogP contribution in [0.4, 0.5) is 10.1 Å². The van der Waals surface area contributed by atoms with Crippen molar-refractivity contribution in [3.8, 4) is 0 Å². The molecule has 1 saturated carbocycles. The predicted octanol–water partition coefficient (Wildman–Crippen LogP) is 4.05. The summed E-state index contributed by atoms with van der Waals surface area (Å²) < 4.78 is 14.9. The summed E-state index contributed by atoms with van der Waals surface area (Å²) in [6, 6.07) is 9.46. The lowest BCUT2D eigenvalue weighted by Gasteiger charge is -2.28. The maximum Gasteiger partial charge on any atom is 0.270 e.